The zero-order chi connectivity index (χ0) is 15.3. The van der Waals surface area contributed by atoms with Crippen molar-refractivity contribution in [3.63, 3.8) is 0 Å². The number of aliphatic carboxylic acids is 1. The Morgan fingerprint density at radius 1 is 1.25 bits per heavy atom. The average Bonchev–Trinajstić information content (AvgIpc) is 2.36. The van der Waals surface area contributed by atoms with E-state index >= 15 is 0 Å². The molecule has 0 fully saturated rings. The van der Waals surface area contributed by atoms with Crippen molar-refractivity contribution < 1.29 is 14.7 Å². The number of carbonyl (C=O) groups excluding carboxylic acids is 1. The van der Waals surface area contributed by atoms with E-state index in [9.17, 15) is 9.59 Å². The fourth-order valence-corrected chi connectivity index (χ4v) is 2.13. The van der Waals surface area contributed by atoms with Gasteiger partial charge in [0.1, 0.15) is 6.54 Å². The predicted octanol–water partition coefficient (Wildman–Crippen LogP) is 1.85. The van der Waals surface area contributed by atoms with Crippen molar-refractivity contribution in [2.45, 2.75) is 6.92 Å². The Kier molecular flexibility index (Phi) is 6.16. The quantitative estimate of drug-likeness (QED) is 0.856. The lowest BCUT2D eigenvalue weighted by Crippen LogP contribution is -2.40. The first-order valence-corrected chi connectivity index (χ1v) is 7.02. The number of aryl methyl sites for hydroxylation is 1. The smallest absolute Gasteiger partial charge is 0.323 e. The van der Waals surface area contributed by atoms with Crippen LogP contribution >= 0.6 is 15.9 Å². The van der Waals surface area contributed by atoms with Crippen molar-refractivity contribution in [1.29, 1.82) is 0 Å². The molecule has 0 heterocycles. The van der Waals surface area contributed by atoms with E-state index < -0.39 is 5.97 Å². The lowest BCUT2D eigenvalue weighted by atomic mass is 10.1. The minimum absolute atomic E-state index is 0.273. The van der Waals surface area contributed by atoms with Gasteiger partial charge in [0.2, 0.25) is 0 Å². The lowest BCUT2D eigenvalue weighted by molar-refractivity contribution is -0.137. The second-order valence-corrected chi connectivity index (χ2v) is 5.76. The molecule has 20 heavy (non-hydrogen) atoms. The molecule has 1 aromatic carbocycles. The van der Waals surface area contributed by atoms with Crippen LogP contribution in [0.5, 0.6) is 0 Å². The number of benzene rings is 1. The molecule has 0 aliphatic carbocycles. The van der Waals surface area contributed by atoms with Gasteiger partial charge in [-0.25, -0.2) is 0 Å². The molecule has 0 aliphatic heterocycles. The molecule has 0 radical (unpaired) electrons. The van der Waals surface area contributed by atoms with Gasteiger partial charge in [0.05, 0.1) is 5.56 Å². The SMILES string of the molecule is Cc1ccc(Br)c(C(=O)N(CCN(C)C)CC(=O)O)c1. The van der Waals surface area contributed by atoms with Crippen LogP contribution in [0.2, 0.25) is 0 Å². The maximum Gasteiger partial charge on any atom is 0.323 e. The number of carboxylic acid groups (broad SMARTS) is 1. The number of nitrogens with zero attached hydrogens (tertiary/aromatic N) is 2. The van der Waals surface area contributed by atoms with Gasteiger partial charge in [-0.1, -0.05) is 11.6 Å². The Morgan fingerprint density at radius 2 is 1.90 bits per heavy atom. The number of hydrogen-bond donors (Lipinski definition) is 1. The van der Waals surface area contributed by atoms with Crippen LogP contribution in [-0.4, -0.2) is 60.5 Å². The van der Waals surface area contributed by atoms with E-state index in [1.54, 1.807) is 12.1 Å². The summed E-state index contributed by atoms with van der Waals surface area (Å²) in [5.41, 5.74) is 1.45. The summed E-state index contributed by atoms with van der Waals surface area (Å²) in [6, 6.07) is 5.45. The van der Waals surface area contributed by atoms with Crippen molar-refractivity contribution in [1.82, 2.24) is 9.80 Å². The van der Waals surface area contributed by atoms with E-state index in [2.05, 4.69) is 15.9 Å². The van der Waals surface area contributed by atoms with Crippen LogP contribution in [0.1, 0.15) is 15.9 Å². The highest BCUT2D eigenvalue weighted by Crippen LogP contribution is 2.20. The Hall–Kier alpha value is -1.40. The number of carboxylic acids is 1. The van der Waals surface area contributed by atoms with E-state index in [0.717, 1.165) is 5.56 Å². The minimum atomic E-state index is -1.01. The van der Waals surface area contributed by atoms with Gasteiger partial charge >= 0.3 is 5.97 Å². The molecule has 110 valence electrons. The largest absolute Gasteiger partial charge is 0.480 e. The summed E-state index contributed by atoms with van der Waals surface area (Å²) in [4.78, 5) is 26.7. The maximum absolute atomic E-state index is 12.5. The topological polar surface area (TPSA) is 60.9 Å². The van der Waals surface area contributed by atoms with Gasteiger partial charge in [-0.05, 0) is 49.1 Å². The Bertz CT molecular complexity index is 503. The second kappa shape index (κ2) is 7.40. The van der Waals surface area contributed by atoms with Crippen LogP contribution in [0.3, 0.4) is 0 Å². The molecular weight excluding hydrogens is 324 g/mol. The maximum atomic E-state index is 12.5. The predicted molar refractivity (Wildman–Crippen MR) is 81.0 cm³/mol. The summed E-state index contributed by atoms with van der Waals surface area (Å²) in [5.74, 6) is -1.29. The van der Waals surface area contributed by atoms with Gasteiger partial charge in [0, 0.05) is 17.6 Å². The summed E-state index contributed by atoms with van der Waals surface area (Å²) in [5, 5.41) is 8.95. The summed E-state index contributed by atoms with van der Waals surface area (Å²) in [6.45, 7) is 2.58. The molecule has 5 nitrogen and oxygen atoms in total. The van der Waals surface area contributed by atoms with E-state index in [1.165, 1.54) is 4.90 Å². The third-order valence-corrected chi connectivity index (χ3v) is 3.47. The summed E-state index contributed by atoms with van der Waals surface area (Å²) < 4.78 is 0.674. The molecule has 1 N–H and O–H groups in total. The normalized spacial score (nSPS) is 10.7. The number of halogens is 1. The second-order valence-electron chi connectivity index (χ2n) is 4.91. The van der Waals surface area contributed by atoms with E-state index in [-0.39, 0.29) is 12.5 Å². The fourth-order valence-electron chi connectivity index (χ4n) is 1.71. The van der Waals surface area contributed by atoms with Crippen LogP contribution in [0.25, 0.3) is 0 Å². The van der Waals surface area contributed by atoms with Crippen molar-refractivity contribution in [2.24, 2.45) is 0 Å². The molecule has 0 aromatic heterocycles. The first-order chi connectivity index (χ1) is 9.31. The first-order valence-electron chi connectivity index (χ1n) is 6.23. The molecule has 0 bridgehead atoms. The number of hydrogen-bond acceptors (Lipinski definition) is 3. The third kappa shape index (κ3) is 4.94. The number of carbonyl (C=O) groups is 2. The highest BCUT2D eigenvalue weighted by Gasteiger charge is 2.20. The van der Waals surface area contributed by atoms with Crippen molar-refractivity contribution in [2.75, 3.05) is 33.7 Å². The van der Waals surface area contributed by atoms with Crippen LogP contribution in [0.15, 0.2) is 22.7 Å². The first kappa shape index (κ1) is 16.7. The number of rotatable bonds is 6. The molecule has 1 aromatic rings. The van der Waals surface area contributed by atoms with Gasteiger partial charge in [-0.15, -0.1) is 0 Å². The molecule has 0 unspecified atom stereocenters. The molecule has 0 spiro atoms. The summed E-state index contributed by atoms with van der Waals surface area (Å²) >= 11 is 3.34. The molecular formula is C14H19BrN2O3. The summed E-state index contributed by atoms with van der Waals surface area (Å²) in [6.07, 6.45) is 0. The molecule has 0 atom stereocenters. The molecule has 6 heteroatoms. The van der Waals surface area contributed by atoms with E-state index in [1.807, 2.05) is 32.0 Å². The van der Waals surface area contributed by atoms with Crippen molar-refractivity contribution in [3.05, 3.63) is 33.8 Å². The van der Waals surface area contributed by atoms with E-state index in [0.29, 0.717) is 23.1 Å². The molecule has 1 rings (SSSR count). The zero-order valence-corrected chi connectivity index (χ0v) is 13.5. The lowest BCUT2D eigenvalue weighted by Gasteiger charge is -2.23. The average molecular weight is 343 g/mol. The number of likely N-dealkylation sites (N-methyl/N-ethyl adjacent to an activating group) is 1. The number of amides is 1. The van der Waals surface area contributed by atoms with Crippen LogP contribution < -0.4 is 0 Å². The standard InChI is InChI=1S/C14H19BrN2O3/c1-10-4-5-12(15)11(8-10)14(20)17(9-13(18)19)7-6-16(2)3/h4-5,8H,6-7,9H2,1-3H3,(H,18,19). The Labute approximate surface area is 127 Å². The van der Waals surface area contributed by atoms with Gasteiger partial charge in [0.15, 0.2) is 0 Å². The monoisotopic (exact) mass is 342 g/mol. The van der Waals surface area contributed by atoms with Crippen LogP contribution in [-0.2, 0) is 4.79 Å². The molecule has 0 aliphatic rings. The van der Waals surface area contributed by atoms with Gasteiger partial charge in [-0.3, -0.25) is 9.59 Å². The Morgan fingerprint density at radius 3 is 2.45 bits per heavy atom. The summed E-state index contributed by atoms with van der Waals surface area (Å²) in [7, 11) is 3.76. The molecule has 0 saturated heterocycles. The molecule has 1 amide bonds. The van der Waals surface area contributed by atoms with Gasteiger partial charge < -0.3 is 14.9 Å². The Balaban J connectivity index is 2.96. The van der Waals surface area contributed by atoms with Crippen molar-refractivity contribution in [3.8, 4) is 0 Å². The highest BCUT2D eigenvalue weighted by atomic mass is 79.9. The van der Waals surface area contributed by atoms with Crippen LogP contribution in [0, 0.1) is 6.92 Å². The van der Waals surface area contributed by atoms with Gasteiger partial charge in [-0.2, -0.15) is 0 Å². The van der Waals surface area contributed by atoms with Crippen molar-refractivity contribution >= 4 is 27.8 Å². The minimum Gasteiger partial charge on any atom is -0.480 e. The van der Waals surface area contributed by atoms with Crippen LogP contribution in [0.4, 0.5) is 0 Å². The highest BCUT2D eigenvalue weighted by molar-refractivity contribution is 9.10. The van der Waals surface area contributed by atoms with Gasteiger partial charge in [0.25, 0.3) is 5.91 Å². The third-order valence-electron chi connectivity index (χ3n) is 2.78. The molecule has 0 saturated carbocycles. The van der Waals surface area contributed by atoms with E-state index in [4.69, 9.17) is 5.11 Å². The zero-order valence-electron chi connectivity index (χ0n) is 11.9. The fraction of sp³-hybridized carbons (Fsp3) is 0.429.